The van der Waals surface area contributed by atoms with Crippen molar-refractivity contribution in [2.45, 2.75) is 12.6 Å². The van der Waals surface area contributed by atoms with Gasteiger partial charge in [-0.1, -0.05) is 54.1 Å². The fourth-order valence-electron chi connectivity index (χ4n) is 2.45. The highest BCUT2D eigenvalue weighted by Crippen LogP contribution is 2.31. The first-order valence-electron chi connectivity index (χ1n) is 7.92. The Hall–Kier alpha value is -2.60. The lowest BCUT2D eigenvalue weighted by Gasteiger charge is -2.10. The van der Waals surface area contributed by atoms with E-state index in [2.05, 4.69) is 15.3 Å². The van der Waals surface area contributed by atoms with E-state index in [1.165, 1.54) is 17.7 Å². The van der Waals surface area contributed by atoms with Gasteiger partial charge in [0.15, 0.2) is 5.82 Å². The van der Waals surface area contributed by atoms with Gasteiger partial charge in [0.2, 0.25) is 0 Å². The van der Waals surface area contributed by atoms with Gasteiger partial charge in [-0.15, -0.1) is 0 Å². The van der Waals surface area contributed by atoms with Gasteiger partial charge in [0.05, 0.1) is 5.56 Å². The second kappa shape index (κ2) is 7.74. The van der Waals surface area contributed by atoms with Gasteiger partial charge < -0.3 is 5.32 Å². The lowest BCUT2D eigenvalue weighted by molar-refractivity contribution is -0.137. The molecule has 26 heavy (non-hydrogen) atoms. The second-order valence-electron chi connectivity index (χ2n) is 5.64. The molecule has 0 saturated carbocycles. The third-order valence-corrected chi connectivity index (χ3v) is 3.90. The summed E-state index contributed by atoms with van der Waals surface area (Å²) in [6.07, 6.45) is -3.65. The van der Waals surface area contributed by atoms with Gasteiger partial charge in [-0.3, -0.25) is 0 Å². The highest BCUT2D eigenvalue weighted by molar-refractivity contribution is 6.29. The van der Waals surface area contributed by atoms with Crippen molar-refractivity contribution in [3.05, 3.63) is 76.9 Å². The van der Waals surface area contributed by atoms with Crippen molar-refractivity contribution in [1.29, 1.82) is 0 Å². The normalized spacial score (nSPS) is 11.4. The number of hydrogen-bond donors (Lipinski definition) is 1. The van der Waals surface area contributed by atoms with Crippen LogP contribution in [0.2, 0.25) is 5.15 Å². The van der Waals surface area contributed by atoms with Crippen LogP contribution in [0.3, 0.4) is 0 Å². The second-order valence-corrected chi connectivity index (χ2v) is 6.03. The Morgan fingerprint density at radius 1 is 0.923 bits per heavy atom. The third-order valence-electron chi connectivity index (χ3n) is 3.71. The molecule has 0 bridgehead atoms. The van der Waals surface area contributed by atoms with Crippen molar-refractivity contribution in [1.82, 2.24) is 9.97 Å². The van der Waals surface area contributed by atoms with E-state index in [1.807, 2.05) is 30.3 Å². The zero-order valence-corrected chi connectivity index (χ0v) is 14.3. The number of nitrogens with one attached hydrogen (secondary N) is 1. The average Bonchev–Trinajstić information content (AvgIpc) is 2.62. The fourth-order valence-corrected chi connectivity index (χ4v) is 2.63. The molecular formula is C19H15ClF3N3. The van der Waals surface area contributed by atoms with E-state index < -0.39 is 11.7 Å². The predicted molar refractivity (Wildman–Crippen MR) is 96.1 cm³/mol. The SMILES string of the molecule is FC(F)(F)c1cccc(-c2nc(Cl)cc(NCCc3ccccc3)n2)c1. The molecule has 1 heterocycles. The van der Waals surface area contributed by atoms with E-state index in [9.17, 15) is 13.2 Å². The maximum Gasteiger partial charge on any atom is 0.416 e. The van der Waals surface area contributed by atoms with Crippen molar-refractivity contribution in [3.8, 4) is 11.4 Å². The molecular weight excluding hydrogens is 363 g/mol. The summed E-state index contributed by atoms with van der Waals surface area (Å²) in [5.74, 6) is 0.610. The van der Waals surface area contributed by atoms with E-state index in [1.54, 1.807) is 6.07 Å². The van der Waals surface area contributed by atoms with Crippen LogP contribution in [0.1, 0.15) is 11.1 Å². The minimum Gasteiger partial charge on any atom is -0.370 e. The highest BCUT2D eigenvalue weighted by Gasteiger charge is 2.30. The number of benzene rings is 2. The predicted octanol–water partition coefficient (Wildman–Crippen LogP) is 5.47. The fraction of sp³-hybridized carbons (Fsp3) is 0.158. The molecule has 2 aromatic carbocycles. The van der Waals surface area contributed by atoms with Crippen molar-refractivity contribution < 1.29 is 13.2 Å². The van der Waals surface area contributed by atoms with E-state index >= 15 is 0 Å². The standard InChI is InChI=1S/C19H15ClF3N3/c20-16-12-17(24-10-9-13-5-2-1-3-6-13)26-18(25-16)14-7-4-8-15(11-14)19(21,22)23/h1-8,11-12H,9-10H2,(H,24,25,26). The van der Waals surface area contributed by atoms with Crippen LogP contribution in [0.15, 0.2) is 60.7 Å². The largest absolute Gasteiger partial charge is 0.416 e. The van der Waals surface area contributed by atoms with E-state index in [4.69, 9.17) is 11.6 Å². The Labute approximate surface area is 153 Å². The van der Waals surface area contributed by atoms with Crippen LogP contribution < -0.4 is 5.32 Å². The summed E-state index contributed by atoms with van der Waals surface area (Å²) in [6, 6.07) is 16.3. The van der Waals surface area contributed by atoms with Gasteiger partial charge in [-0.25, -0.2) is 9.97 Å². The summed E-state index contributed by atoms with van der Waals surface area (Å²) in [5, 5.41) is 3.29. The number of halogens is 4. The van der Waals surface area contributed by atoms with E-state index in [0.29, 0.717) is 12.4 Å². The number of rotatable bonds is 5. The van der Waals surface area contributed by atoms with Crippen molar-refractivity contribution in [3.63, 3.8) is 0 Å². The monoisotopic (exact) mass is 377 g/mol. The summed E-state index contributed by atoms with van der Waals surface area (Å²) in [6.45, 7) is 0.611. The Kier molecular flexibility index (Phi) is 5.42. The van der Waals surface area contributed by atoms with Crippen molar-refractivity contribution >= 4 is 17.4 Å². The molecule has 0 aliphatic rings. The number of aromatic nitrogens is 2. The average molecular weight is 378 g/mol. The Bertz CT molecular complexity index is 883. The quantitative estimate of drug-likeness (QED) is 0.599. The van der Waals surface area contributed by atoms with Crippen molar-refractivity contribution in [2.75, 3.05) is 11.9 Å². The van der Waals surface area contributed by atoms with E-state index in [-0.39, 0.29) is 16.5 Å². The first-order valence-corrected chi connectivity index (χ1v) is 8.29. The Morgan fingerprint density at radius 3 is 2.42 bits per heavy atom. The van der Waals surface area contributed by atoms with Gasteiger partial charge in [0.1, 0.15) is 11.0 Å². The lowest BCUT2D eigenvalue weighted by Crippen LogP contribution is -2.08. The first-order chi connectivity index (χ1) is 12.4. The summed E-state index contributed by atoms with van der Waals surface area (Å²) >= 11 is 6.01. The molecule has 0 spiro atoms. The third kappa shape index (κ3) is 4.73. The highest BCUT2D eigenvalue weighted by atomic mass is 35.5. The number of nitrogens with zero attached hydrogens (tertiary/aromatic N) is 2. The zero-order chi connectivity index (χ0) is 18.6. The molecule has 0 radical (unpaired) electrons. The van der Waals surface area contributed by atoms with Gasteiger partial charge in [0, 0.05) is 18.2 Å². The molecule has 0 amide bonds. The van der Waals surface area contributed by atoms with Gasteiger partial charge in [0.25, 0.3) is 0 Å². The van der Waals surface area contributed by atoms with Crippen molar-refractivity contribution in [2.24, 2.45) is 0 Å². The summed E-state index contributed by atoms with van der Waals surface area (Å²) in [7, 11) is 0. The maximum absolute atomic E-state index is 12.9. The molecule has 3 aromatic rings. The molecule has 0 aliphatic heterocycles. The van der Waals surface area contributed by atoms with Crippen LogP contribution in [0.4, 0.5) is 19.0 Å². The number of anilines is 1. The molecule has 0 unspecified atom stereocenters. The van der Waals surface area contributed by atoms with E-state index in [0.717, 1.165) is 18.6 Å². The van der Waals surface area contributed by atoms with Crippen LogP contribution in [0.25, 0.3) is 11.4 Å². The number of hydrogen-bond acceptors (Lipinski definition) is 3. The molecule has 0 saturated heterocycles. The maximum atomic E-state index is 12.9. The van der Waals surface area contributed by atoms with Crippen LogP contribution in [-0.2, 0) is 12.6 Å². The molecule has 0 fully saturated rings. The topological polar surface area (TPSA) is 37.8 Å². The minimum atomic E-state index is -4.43. The Balaban J connectivity index is 1.77. The lowest BCUT2D eigenvalue weighted by atomic mass is 10.1. The molecule has 1 aromatic heterocycles. The molecule has 3 rings (SSSR count). The van der Waals surface area contributed by atoms with Crippen LogP contribution in [0, 0.1) is 0 Å². The molecule has 7 heteroatoms. The van der Waals surface area contributed by atoms with Crippen LogP contribution in [-0.4, -0.2) is 16.5 Å². The van der Waals surface area contributed by atoms with Crippen LogP contribution in [0.5, 0.6) is 0 Å². The minimum absolute atomic E-state index is 0.144. The molecule has 0 aliphatic carbocycles. The number of alkyl halides is 3. The molecule has 0 atom stereocenters. The first kappa shape index (κ1) is 18.2. The summed E-state index contributed by atoms with van der Waals surface area (Å²) < 4.78 is 38.7. The zero-order valence-electron chi connectivity index (χ0n) is 13.6. The van der Waals surface area contributed by atoms with Gasteiger partial charge in [-0.2, -0.15) is 13.2 Å². The van der Waals surface area contributed by atoms with Gasteiger partial charge >= 0.3 is 6.18 Å². The smallest absolute Gasteiger partial charge is 0.370 e. The Morgan fingerprint density at radius 2 is 1.69 bits per heavy atom. The molecule has 1 N–H and O–H groups in total. The van der Waals surface area contributed by atoms with Crippen LogP contribution >= 0.6 is 11.6 Å². The molecule has 134 valence electrons. The summed E-state index contributed by atoms with van der Waals surface area (Å²) in [5.41, 5.74) is 0.670. The molecule has 3 nitrogen and oxygen atoms in total. The van der Waals surface area contributed by atoms with Gasteiger partial charge in [-0.05, 0) is 24.1 Å². The summed E-state index contributed by atoms with van der Waals surface area (Å²) in [4.78, 5) is 8.32.